The summed E-state index contributed by atoms with van der Waals surface area (Å²) < 4.78 is 13.5. The largest absolute Gasteiger partial charge is 0.294 e. The van der Waals surface area contributed by atoms with E-state index in [1.165, 1.54) is 18.2 Å². The minimum atomic E-state index is -0.400. The van der Waals surface area contributed by atoms with Crippen LogP contribution in [0.3, 0.4) is 0 Å². The number of hydrogen-bond donors (Lipinski definition) is 0. The van der Waals surface area contributed by atoms with Crippen LogP contribution >= 0.6 is 15.9 Å². The molecule has 0 saturated carbocycles. The lowest BCUT2D eigenvalue weighted by Gasteiger charge is -2.01. The maximum atomic E-state index is 12.9. The smallest absolute Gasteiger partial charge is 0.165 e. The molecule has 0 aromatic heterocycles. The molecule has 1 rings (SSSR count). The molecule has 0 aliphatic carbocycles. The summed E-state index contributed by atoms with van der Waals surface area (Å²) >= 11 is 3.22. The Kier molecular flexibility index (Phi) is 4.51. The second kappa shape index (κ2) is 5.67. The molecule has 0 spiro atoms. The van der Waals surface area contributed by atoms with E-state index in [1.54, 1.807) is 6.92 Å². The number of Topliss-reactive ketones (excluding diaryl/α,β-unsaturated/α-hetero) is 1. The zero-order valence-corrected chi connectivity index (χ0v) is 9.90. The van der Waals surface area contributed by atoms with E-state index in [2.05, 4.69) is 27.8 Å². The SMILES string of the molecule is CC#CCCC(=O)c1cc(F)ccc1Br. The average molecular weight is 269 g/mol. The molecule has 1 aromatic rings. The fourth-order valence-corrected chi connectivity index (χ4v) is 1.61. The lowest BCUT2D eigenvalue weighted by molar-refractivity contribution is 0.0983. The van der Waals surface area contributed by atoms with E-state index in [9.17, 15) is 9.18 Å². The fourth-order valence-electron chi connectivity index (χ4n) is 1.15. The van der Waals surface area contributed by atoms with Crippen LogP contribution in [0, 0.1) is 17.7 Å². The quantitative estimate of drug-likeness (QED) is 0.605. The highest BCUT2D eigenvalue weighted by Crippen LogP contribution is 2.19. The summed E-state index contributed by atoms with van der Waals surface area (Å²) in [6.07, 6.45) is 0.835. The van der Waals surface area contributed by atoms with Crippen LogP contribution in [0.4, 0.5) is 4.39 Å². The molecule has 0 aliphatic heterocycles. The number of carbonyl (C=O) groups is 1. The molecule has 0 fully saturated rings. The van der Waals surface area contributed by atoms with Crippen LogP contribution < -0.4 is 0 Å². The molecule has 15 heavy (non-hydrogen) atoms. The molecular weight excluding hydrogens is 259 g/mol. The van der Waals surface area contributed by atoms with Crippen LogP contribution in [-0.2, 0) is 0 Å². The Balaban J connectivity index is 2.80. The summed E-state index contributed by atoms with van der Waals surface area (Å²) in [4.78, 5) is 11.6. The third-order valence-electron chi connectivity index (χ3n) is 1.88. The van der Waals surface area contributed by atoms with Crippen LogP contribution in [0.1, 0.15) is 30.1 Å². The van der Waals surface area contributed by atoms with Crippen molar-refractivity contribution in [1.82, 2.24) is 0 Å². The highest BCUT2D eigenvalue weighted by atomic mass is 79.9. The van der Waals surface area contributed by atoms with Gasteiger partial charge in [0.15, 0.2) is 5.78 Å². The van der Waals surface area contributed by atoms with E-state index in [4.69, 9.17) is 0 Å². The van der Waals surface area contributed by atoms with Gasteiger partial charge in [-0.3, -0.25) is 4.79 Å². The molecule has 0 heterocycles. The molecule has 0 saturated heterocycles. The van der Waals surface area contributed by atoms with Gasteiger partial charge in [0.25, 0.3) is 0 Å². The Morgan fingerprint density at radius 1 is 1.53 bits per heavy atom. The maximum absolute atomic E-state index is 12.9. The van der Waals surface area contributed by atoms with Crippen molar-refractivity contribution in [2.75, 3.05) is 0 Å². The zero-order valence-electron chi connectivity index (χ0n) is 8.31. The number of halogens is 2. The van der Waals surface area contributed by atoms with Crippen LogP contribution in [0.5, 0.6) is 0 Å². The molecule has 0 radical (unpaired) electrons. The van der Waals surface area contributed by atoms with Crippen molar-refractivity contribution < 1.29 is 9.18 Å². The van der Waals surface area contributed by atoms with Crippen LogP contribution in [-0.4, -0.2) is 5.78 Å². The Morgan fingerprint density at radius 2 is 2.27 bits per heavy atom. The van der Waals surface area contributed by atoms with Gasteiger partial charge in [0, 0.05) is 22.9 Å². The van der Waals surface area contributed by atoms with Crippen molar-refractivity contribution in [3.8, 4) is 11.8 Å². The van der Waals surface area contributed by atoms with Crippen molar-refractivity contribution in [3.63, 3.8) is 0 Å². The maximum Gasteiger partial charge on any atom is 0.165 e. The number of rotatable bonds is 3. The van der Waals surface area contributed by atoms with E-state index >= 15 is 0 Å². The lowest BCUT2D eigenvalue weighted by atomic mass is 10.1. The van der Waals surface area contributed by atoms with Crippen molar-refractivity contribution in [2.24, 2.45) is 0 Å². The summed E-state index contributed by atoms with van der Waals surface area (Å²) in [7, 11) is 0. The molecule has 1 nitrogen and oxygen atoms in total. The minimum absolute atomic E-state index is 0.0934. The fraction of sp³-hybridized carbons (Fsp3) is 0.250. The molecule has 0 N–H and O–H groups in total. The Labute approximate surface area is 96.8 Å². The Bertz CT molecular complexity index is 429. The predicted molar refractivity (Wildman–Crippen MR) is 61.1 cm³/mol. The van der Waals surface area contributed by atoms with Gasteiger partial charge < -0.3 is 0 Å². The molecule has 0 bridgehead atoms. The van der Waals surface area contributed by atoms with E-state index in [0.717, 1.165) is 0 Å². The lowest BCUT2D eigenvalue weighted by Crippen LogP contribution is -2.00. The van der Waals surface area contributed by atoms with Gasteiger partial charge in [-0.1, -0.05) is 15.9 Å². The first-order valence-corrected chi connectivity index (χ1v) is 5.32. The normalized spacial score (nSPS) is 9.27. The number of benzene rings is 1. The summed E-state index contributed by atoms with van der Waals surface area (Å²) in [6, 6.07) is 4.09. The van der Waals surface area contributed by atoms with Crippen molar-refractivity contribution in [3.05, 3.63) is 34.1 Å². The van der Waals surface area contributed by atoms with Gasteiger partial charge in [-0.05, 0) is 25.1 Å². The van der Waals surface area contributed by atoms with Crippen LogP contribution in [0.2, 0.25) is 0 Å². The van der Waals surface area contributed by atoms with Crippen molar-refractivity contribution in [1.29, 1.82) is 0 Å². The van der Waals surface area contributed by atoms with E-state index in [1.807, 2.05) is 0 Å². The third kappa shape index (κ3) is 3.49. The molecular formula is C12H10BrFO. The topological polar surface area (TPSA) is 17.1 Å². The van der Waals surface area contributed by atoms with E-state index < -0.39 is 5.82 Å². The first kappa shape index (κ1) is 11.9. The molecule has 1 aromatic carbocycles. The first-order valence-electron chi connectivity index (χ1n) is 4.53. The summed E-state index contributed by atoms with van der Waals surface area (Å²) in [5.41, 5.74) is 0.382. The zero-order chi connectivity index (χ0) is 11.3. The average Bonchev–Trinajstić information content (AvgIpc) is 2.22. The monoisotopic (exact) mass is 268 g/mol. The van der Waals surface area contributed by atoms with Crippen LogP contribution in [0.25, 0.3) is 0 Å². The Morgan fingerprint density at radius 3 is 2.93 bits per heavy atom. The van der Waals surface area contributed by atoms with Gasteiger partial charge in [0.1, 0.15) is 5.82 Å². The predicted octanol–water partition coefficient (Wildman–Crippen LogP) is 3.57. The highest BCUT2D eigenvalue weighted by molar-refractivity contribution is 9.10. The number of hydrogen-bond acceptors (Lipinski definition) is 1. The van der Waals surface area contributed by atoms with Gasteiger partial charge in [0.2, 0.25) is 0 Å². The summed E-state index contributed by atoms with van der Waals surface area (Å²) in [5, 5.41) is 0. The highest BCUT2D eigenvalue weighted by Gasteiger charge is 2.10. The Hall–Kier alpha value is -1.14. The van der Waals surface area contributed by atoms with Gasteiger partial charge in [0.05, 0.1) is 0 Å². The summed E-state index contributed by atoms with van der Waals surface area (Å²) in [6.45, 7) is 1.72. The molecule has 0 unspecified atom stereocenters. The van der Waals surface area contributed by atoms with Crippen molar-refractivity contribution >= 4 is 21.7 Å². The number of ketones is 1. The number of carbonyl (C=O) groups excluding carboxylic acids is 1. The second-order valence-corrected chi connectivity index (χ2v) is 3.83. The van der Waals surface area contributed by atoms with Gasteiger partial charge in [-0.15, -0.1) is 11.8 Å². The first-order chi connectivity index (χ1) is 7.15. The summed E-state index contributed by atoms with van der Waals surface area (Å²) in [5.74, 6) is 5.02. The molecule has 0 amide bonds. The third-order valence-corrected chi connectivity index (χ3v) is 2.57. The molecule has 3 heteroatoms. The standard InChI is InChI=1S/C12H10BrFO/c1-2-3-4-5-12(15)10-8-9(14)6-7-11(10)13/h6-8H,4-5H2,1H3. The van der Waals surface area contributed by atoms with Crippen LogP contribution in [0.15, 0.2) is 22.7 Å². The molecule has 78 valence electrons. The second-order valence-electron chi connectivity index (χ2n) is 2.97. The molecule has 0 aliphatic rings. The van der Waals surface area contributed by atoms with Gasteiger partial charge >= 0.3 is 0 Å². The minimum Gasteiger partial charge on any atom is -0.294 e. The van der Waals surface area contributed by atoms with Crippen molar-refractivity contribution in [2.45, 2.75) is 19.8 Å². The van der Waals surface area contributed by atoms with E-state index in [-0.39, 0.29) is 5.78 Å². The van der Waals surface area contributed by atoms with Gasteiger partial charge in [-0.25, -0.2) is 4.39 Å². The van der Waals surface area contributed by atoms with Gasteiger partial charge in [-0.2, -0.15) is 0 Å². The van der Waals surface area contributed by atoms with E-state index in [0.29, 0.717) is 22.9 Å². The molecule has 0 atom stereocenters.